The summed E-state index contributed by atoms with van der Waals surface area (Å²) in [7, 11) is -3.01. The number of carbonyl (C=O) groups excluding carboxylic acids is 1. The third kappa shape index (κ3) is 3.52. The molecule has 0 aliphatic carbocycles. The Balaban J connectivity index is 1.47. The number of carbonyl (C=O) groups is 1. The molecule has 1 atom stereocenters. The molecule has 6 nitrogen and oxygen atoms in total. The monoisotopic (exact) mass is 463 g/mol. The van der Waals surface area contributed by atoms with Gasteiger partial charge in [0.1, 0.15) is 24.0 Å². The molecule has 3 aliphatic heterocycles. The molecule has 0 saturated carbocycles. The number of fused-ring (bicyclic) bond motifs is 2. The van der Waals surface area contributed by atoms with Gasteiger partial charge in [0.25, 0.3) is 0 Å². The van der Waals surface area contributed by atoms with Crippen LogP contribution in [0.1, 0.15) is 33.5 Å². The molecule has 2 aromatic carbocycles. The quantitative estimate of drug-likeness (QED) is 0.632. The number of benzene rings is 2. The maximum atomic E-state index is 14.2. The summed E-state index contributed by atoms with van der Waals surface area (Å²) in [6.07, 6.45) is 1.89. The number of sulfone groups is 1. The average Bonchev–Trinajstić information content (AvgIpc) is 3.24. The molecule has 1 saturated heterocycles. The van der Waals surface area contributed by atoms with Crippen molar-refractivity contribution in [3.05, 3.63) is 63.1 Å². The van der Waals surface area contributed by atoms with Crippen LogP contribution in [0.3, 0.4) is 0 Å². The van der Waals surface area contributed by atoms with Gasteiger partial charge in [0.15, 0.2) is 15.6 Å². The molecule has 0 radical (unpaired) electrons. The second-order valence-corrected chi connectivity index (χ2v) is 10.7. The number of nitrogens with zero attached hydrogens (tertiary/aromatic N) is 1. The molecule has 3 heterocycles. The molecule has 1 unspecified atom stereocenters. The number of hydrogen-bond donors (Lipinski definition) is 0. The molecule has 0 N–H and O–H groups in total. The summed E-state index contributed by atoms with van der Waals surface area (Å²) >= 11 is 6.08. The Bertz CT molecular complexity index is 1240. The largest absolute Gasteiger partial charge is 0.477 e. The fraction of sp³-hybridized carbons (Fsp3) is 0.318. The van der Waals surface area contributed by atoms with Gasteiger partial charge < -0.3 is 9.47 Å². The minimum Gasteiger partial charge on any atom is -0.477 e. The molecule has 9 heteroatoms. The van der Waals surface area contributed by atoms with Crippen molar-refractivity contribution in [1.29, 1.82) is 0 Å². The number of halogens is 2. The Labute approximate surface area is 184 Å². The fourth-order valence-electron chi connectivity index (χ4n) is 4.34. The van der Waals surface area contributed by atoms with E-state index in [9.17, 15) is 17.6 Å². The maximum absolute atomic E-state index is 14.2. The van der Waals surface area contributed by atoms with E-state index in [0.717, 1.165) is 5.56 Å². The average molecular weight is 464 g/mol. The van der Waals surface area contributed by atoms with Crippen LogP contribution in [0.4, 0.5) is 4.39 Å². The van der Waals surface area contributed by atoms with E-state index in [2.05, 4.69) is 0 Å². The van der Waals surface area contributed by atoms with Gasteiger partial charge in [0, 0.05) is 29.3 Å². The standard InChI is InChI=1S/C22H19ClFNO5S/c1-12-21-13(9-25(11-29-21)14-5-6-31(27,28)10-14)7-16-20(26)19(30-22(12)16)8-15-17(23)3-2-4-18(15)24/h2-4,7-8,14H,5-6,9-11H2,1H3/b19-8-. The van der Waals surface area contributed by atoms with Crippen LogP contribution in [0.5, 0.6) is 11.5 Å². The van der Waals surface area contributed by atoms with Gasteiger partial charge in [-0.25, -0.2) is 12.8 Å². The van der Waals surface area contributed by atoms with Gasteiger partial charge >= 0.3 is 0 Å². The van der Waals surface area contributed by atoms with E-state index in [1.165, 1.54) is 18.2 Å². The number of allylic oxidation sites excluding steroid dienone is 1. The summed E-state index contributed by atoms with van der Waals surface area (Å²) in [4.78, 5) is 15.0. The first kappa shape index (κ1) is 20.5. The van der Waals surface area contributed by atoms with Crippen molar-refractivity contribution in [2.24, 2.45) is 0 Å². The Morgan fingerprint density at radius 1 is 1.29 bits per heavy atom. The zero-order valence-electron chi connectivity index (χ0n) is 16.7. The fourth-order valence-corrected chi connectivity index (χ4v) is 6.32. The van der Waals surface area contributed by atoms with Crippen LogP contribution in [0.25, 0.3) is 6.08 Å². The van der Waals surface area contributed by atoms with Gasteiger partial charge in [-0.05, 0) is 37.6 Å². The lowest BCUT2D eigenvalue weighted by atomic mass is 9.99. The van der Waals surface area contributed by atoms with Gasteiger partial charge in [0.2, 0.25) is 5.78 Å². The Morgan fingerprint density at radius 2 is 2.10 bits per heavy atom. The third-order valence-electron chi connectivity index (χ3n) is 5.96. The normalized spacial score (nSPS) is 23.4. The Morgan fingerprint density at radius 3 is 2.81 bits per heavy atom. The van der Waals surface area contributed by atoms with E-state index in [0.29, 0.717) is 35.6 Å². The molecule has 0 amide bonds. The van der Waals surface area contributed by atoms with Crippen molar-refractivity contribution in [2.75, 3.05) is 18.2 Å². The lowest BCUT2D eigenvalue weighted by Gasteiger charge is -2.33. The van der Waals surface area contributed by atoms with Crippen LogP contribution in [0.2, 0.25) is 5.02 Å². The van der Waals surface area contributed by atoms with Crippen LogP contribution in [0.15, 0.2) is 30.0 Å². The second-order valence-electron chi connectivity index (χ2n) is 8.02. The molecule has 1 fully saturated rings. The lowest BCUT2D eigenvalue weighted by Crippen LogP contribution is -2.41. The number of ether oxygens (including phenoxy) is 2. The first-order valence-corrected chi connectivity index (χ1v) is 12.1. The summed E-state index contributed by atoms with van der Waals surface area (Å²) < 4.78 is 49.6. The molecule has 3 aliphatic rings. The third-order valence-corrected chi connectivity index (χ3v) is 8.04. The Kier molecular flexibility index (Phi) is 4.84. The van der Waals surface area contributed by atoms with Gasteiger partial charge in [-0.15, -0.1) is 0 Å². The van der Waals surface area contributed by atoms with E-state index < -0.39 is 15.7 Å². The van der Waals surface area contributed by atoms with Crippen LogP contribution in [0, 0.1) is 12.7 Å². The van der Waals surface area contributed by atoms with E-state index >= 15 is 0 Å². The van der Waals surface area contributed by atoms with Crippen molar-refractivity contribution in [3.8, 4) is 11.5 Å². The smallest absolute Gasteiger partial charge is 0.231 e. The van der Waals surface area contributed by atoms with Gasteiger partial charge in [-0.3, -0.25) is 9.69 Å². The van der Waals surface area contributed by atoms with E-state index in [-0.39, 0.29) is 46.4 Å². The molecule has 162 valence electrons. The predicted molar refractivity (Wildman–Crippen MR) is 114 cm³/mol. The first-order valence-electron chi connectivity index (χ1n) is 9.85. The van der Waals surface area contributed by atoms with Crippen molar-refractivity contribution < 1.29 is 27.1 Å². The highest BCUT2D eigenvalue weighted by atomic mass is 35.5. The topological polar surface area (TPSA) is 72.9 Å². The highest BCUT2D eigenvalue weighted by Crippen LogP contribution is 2.44. The summed E-state index contributed by atoms with van der Waals surface area (Å²) in [5, 5.41) is 0.182. The van der Waals surface area contributed by atoms with Crippen LogP contribution in [-0.4, -0.2) is 43.4 Å². The summed E-state index contributed by atoms with van der Waals surface area (Å²) in [5.74, 6) is 0.408. The van der Waals surface area contributed by atoms with Crippen molar-refractivity contribution in [3.63, 3.8) is 0 Å². The van der Waals surface area contributed by atoms with E-state index in [1.807, 2.05) is 4.90 Å². The molecular weight excluding hydrogens is 445 g/mol. The highest BCUT2D eigenvalue weighted by Gasteiger charge is 2.37. The molecule has 2 aromatic rings. The zero-order chi connectivity index (χ0) is 21.9. The van der Waals surface area contributed by atoms with E-state index in [4.69, 9.17) is 21.1 Å². The maximum Gasteiger partial charge on any atom is 0.231 e. The minimum absolute atomic E-state index is 0.00816. The highest BCUT2D eigenvalue weighted by molar-refractivity contribution is 7.91. The summed E-state index contributed by atoms with van der Waals surface area (Å²) in [6, 6.07) is 5.92. The zero-order valence-corrected chi connectivity index (χ0v) is 18.2. The number of ketones is 1. The van der Waals surface area contributed by atoms with Crippen LogP contribution < -0.4 is 9.47 Å². The Hall–Kier alpha value is -2.42. The second kappa shape index (κ2) is 7.32. The van der Waals surface area contributed by atoms with Crippen LogP contribution in [-0.2, 0) is 16.4 Å². The SMILES string of the molecule is Cc1c2c(cc3c1O/C(=C\c1c(F)cccc1Cl)C3=O)CN(C1CCS(=O)(=O)C1)CO2. The molecule has 0 spiro atoms. The van der Waals surface area contributed by atoms with Gasteiger partial charge in [-0.2, -0.15) is 0 Å². The molecule has 0 aromatic heterocycles. The van der Waals surface area contributed by atoms with Crippen LogP contribution >= 0.6 is 11.6 Å². The lowest BCUT2D eigenvalue weighted by molar-refractivity contribution is 0.0637. The number of rotatable bonds is 2. The number of hydrogen-bond acceptors (Lipinski definition) is 6. The minimum atomic E-state index is -3.01. The summed E-state index contributed by atoms with van der Waals surface area (Å²) in [6.45, 7) is 2.56. The number of Topliss-reactive ketones (excluding diaryl/α,β-unsaturated/α-hetero) is 1. The molecule has 0 bridgehead atoms. The van der Waals surface area contributed by atoms with E-state index in [1.54, 1.807) is 19.1 Å². The summed E-state index contributed by atoms with van der Waals surface area (Å²) in [5.41, 5.74) is 1.95. The van der Waals surface area contributed by atoms with Gasteiger partial charge in [-0.1, -0.05) is 17.7 Å². The van der Waals surface area contributed by atoms with Gasteiger partial charge in [0.05, 0.1) is 22.1 Å². The van der Waals surface area contributed by atoms with Crippen molar-refractivity contribution in [2.45, 2.75) is 25.9 Å². The predicted octanol–water partition coefficient (Wildman–Crippen LogP) is 3.74. The molecule has 31 heavy (non-hydrogen) atoms. The molecule has 5 rings (SSSR count). The molecular formula is C22H19ClFNO5S. The first-order chi connectivity index (χ1) is 14.7. The van der Waals surface area contributed by atoms with Crippen molar-refractivity contribution >= 4 is 33.3 Å². The van der Waals surface area contributed by atoms with Crippen molar-refractivity contribution in [1.82, 2.24) is 4.90 Å².